The SMILES string of the molecule is [2H]c1c([2H])c([2H])c(-c2nc3c([2H])c(Br)c([2H])c([2H])c3s2)c([2H])c1[2H]. The molecular formula is C13H8BrNS. The summed E-state index contributed by atoms with van der Waals surface area (Å²) in [4.78, 5) is 4.21. The Labute approximate surface area is 117 Å². The Morgan fingerprint density at radius 1 is 1.12 bits per heavy atom. The average Bonchev–Trinajstić information content (AvgIpc) is 2.99. The number of hydrogen-bond acceptors (Lipinski definition) is 2. The molecule has 0 saturated carbocycles. The standard InChI is InChI=1S/C13H8BrNS/c14-10-6-7-12-11(8-10)15-13(16-12)9-4-2-1-3-5-9/h1-8H/i1D,2D,3D,4D,5D,6D,7D,8D. The van der Waals surface area contributed by atoms with Crippen molar-refractivity contribution in [3.05, 3.63) is 52.8 Å². The van der Waals surface area contributed by atoms with Crippen molar-refractivity contribution in [2.75, 3.05) is 0 Å². The van der Waals surface area contributed by atoms with E-state index in [1.807, 2.05) is 0 Å². The minimum absolute atomic E-state index is 0.0661. The molecule has 1 nitrogen and oxygen atoms in total. The fourth-order valence-corrected chi connectivity index (χ4v) is 2.32. The van der Waals surface area contributed by atoms with Crippen LogP contribution in [-0.2, 0) is 0 Å². The maximum Gasteiger partial charge on any atom is 0.124 e. The van der Waals surface area contributed by atoms with E-state index in [0.717, 1.165) is 11.3 Å². The molecule has 3 heteroatoms. The summed E-state index contributed by atoms with van der Waals surface area (Å²) in [7, 11) is 0. The highest BCUT2D eigenvalue weighted by atomic mass is 79.9. The van der Waals surface area contributed by atoms with Crippen LogP contribution in [0.3, 0.4) is 0 Å². The van der Waals surface area contributed by atoms with E-state index in [-0.39, 0.29) is 55.5 Å². The fourth-order valence-electron chi connectivity index (χ4n) is 1.20. The third-order valence-electron chi connectivity index (χ3n) is 1.85. The van der Waals surface area contributed by atoms with Crippen molar-refractivity contribution in [3.63, 3.8) is 0 Å². The van der Waals surface area contributed by atoms with Gasteiger partial charge in [-0.2, -0.15) is 0 Å². The van der Waals surface area contributed by atoms with Crippen molar-refractivity contribution in [1.82, 2.24) is 4.98 Å². The molecule has 0 bridgehead atoms. The highest BCUT2D eigenvalue weighted by molar-refractivity contribution is 9.10. The van der Waals surface area contributed by atoms with Crippen LogP contribution >= 0.6 is 27.3 Å². The Bertz CT molecular complexity index is 942. The van der Waals surface area contributed by atoms with Crippen LogP contribution in [0.1, 0.15) is 11.0 Å². The second kappa shape index (κ2) is 4.00. The molecule has 0 spiro atoms. The Morgan fingerprint density at radius 2 is 1.94 bits per heavy atom. The number of rotatable bonds is 1. The number of benzene rings is 2. The minimum atomic E-state index is -0.492. The Morgan fingerprint density at radius 3 is 2.75 bits per heavy atom. The highest BCUT2D eigenvalue weighted by Gasteiger charge is 2.05. The zero-order valence-corrected chi connectivity index (χ0v) is 10.1. The number of thiazole rings is 1. The van der Waals surface area contributed by atoms with Gasteiger partial charge in [-0.15, -0.1) is 11.3 Å². The van der Waals surface area contributed by atoms with E-state index in [2.05, 4.69) is 20.9 Å². The van der Waals surface area contributed by atoms with Crippen molar-refractivity contribution in [3.8, 4) is 10.6 Å². The third kappa shape index (κ3) is 1.77. The van der Waals surface area contributed by atoms with Crippen molar-refractivity contribution in [2.24, 2.45) is 0 Å². The van der Waals surface area contributed by atoms with Gasteiger partial charge in [0.25, 0.3) is 0 Å². The number of fused-ring (bicyclic) bond motifs is 1. The van der Waals surface area contributed by atoms with Crippen LogP contribution in [0.25, 0.3) is 20.8 Å². The lowest BCUT2D eigenvalue weighted by Crippen LogP contribution is -1.73. The molecule has 16 heavy (non-hydrogen) atoms. The molecule has 0 saturated heterocycles. The van der Waals surface area contributed by atoms with E-state index in [1.165, 1.54) is 0 Å². The number of halogens is 1. The van der Waals surface area contributed by atoms with Crippen molar-refractivity contribution in [2.45, 2.75) is 0 Å². The van der Waals surface area contributed by atoms with Gasteiger partial charge in [-0.25, -0.2) is 4.98 Å². The molecule has 78 valence electrons. The van der Waals surface area contributed by atoms with Crippen LogP contribution in [0.5, 0.6) is 0 Å². The van der Waals surface area contributed by atoms with Gasteiger partial charge in [-0.05, 0) is 18.1 Å². The molecule has 1 aromatic heterocycles. The molecule has 0 aliphatic heterocycles. The summed E-state index contributed by atoms with van der Waals surface area (Å²) in [5.74, 6) is 0. The van der Waals surface area contributed by atoms with Crippen molar-refractivity contribution < 1.29 is 11.0 Å². The van der Waals surface area contributed by atoms with Crippen LogP contribution in [0.4, 0.5) is 0 Å². The summed E-state index contributed by atoms with van der Waals surface area (Å²) in [5.41, 5.74) is 0.0957. The second-order valence-corrected chi connectivity index (χ2v) is 4.68. The van der Waals surface area contributed by atoms with Gasteiger partial charge < -0.3 is 0 Å². The Hall–Kier alpha value is -1.19. The Balaban J connectivity index is 2.42. The quantitative estimate of drug-likeness (QED) is 0.633. The third-order valence-corrected chi connectivity index (χ3v) is 3.24. The predicted molar refractivity (Wildman–Crippen MR) is 72.8 cm³/mol. The van der Waals surface area contributed by atoms with Crippen molar-refractivity contribution >= 4 is 37.5 Å². The van der Waals surface area contributed by atoms with Gasteiger partial charge in [0.05, 0.1) is 21.2 Å². The zero-order chi connectivity index (χ0) is 17.9. The molecule has 0 fully saturated rings. The number of aromatic nitrogens is 1. The molecule has 0 N–H and O–H groups in total. The number of hydrogen-bond donors (Lipinski definition) is 0. The lowest BCUT2D eigenvalue weighted by molar-refractivity contribution is 1.47. The molecule has 0 radical (unpaired) electrons. The molecule has 3 rings (SSSR count). The lowest BCUT2D eigenvalue weighted by atomic mass is 10.2. The van der Waals surface area contributed by atoms with Crippen LogP contribution in [0.15, 0.2) is 52.8 Å². The first-order chi connectivity index (χ1) is 11.2. The summed E-state index contributed by atoms with van der Waals surface area (Å²) in [6.45, 7) is 0. The topological polar surface area (TPSA) is 12.9 Å². The van der Waals surface area contributed by atoms with Crippen LogP contribution < -0.4 is 0 Å². The Kier molecular flexibility index (Phi) is 1.15. The summed E-state index contributed by atoms with van der Waals surface area (Å²) in [6.07, 6.45) is 0. The largest absolute Gasteiger partial charge is 0.236 e. The molecule has 0 aliphatic rings. The molecule has 3 aromatic rings. The first kappa shape index (κ1) is 4.59. The molecule has 0 aliphatic carbocycles. The van der Waals surface area contributed by atoms with Gasteiger partial charge >= 0.3 is 0 Å². The first-order valence-corrected chi connectivity index (χ1v) is 5.90. The van der Waals surface area contributed by atoms with E-state index in [9.17, 15) is 0 Å². The minimum Gasteiger partial charge on any atom is -0.236 e. The maximum absolute atomic E-state index is 8.02. The van der Waals surface area contributed by atoms with Gasteiger partial charge in [0.15, 0.2) is 0 Å². The summed E-state index contributed by atoms with van der Waals surface area (Å²) < 4.78 is 63.3. The van der Waals surface area contributed by atoms with Gasteiger partial charge in [-0.1, -0.05) is 46.1 Å². The molecule has 0 amide bonds. The second-order valence-electron chi connectivity index (χ2n) is 2.89. The van der Waals surface area contributed by atoms with Gasteiger partial charge in [0, 0.05) is 10.0 Å². The van der Waals surface area contributed by atoms with Gasteiger partial charge in [0.2, 0.25) is 0 Å². The molecule has 0 atom stereocenters. The summed E-state index contributed by atoms with van der Waals surface area (Å²) in [6, 6.07) is -2.54. The monoisotopic (exact) mass is 297 g/mol. The first-order valence-electron chi connectivity index (χ1n) is 8.29. The van der Waals surface area contributed by atoms with E-state index in [4.69, 9.17) is 11.0 Å². The summed E-state index contributed by atoms with van der Waals surface area (Å²) in [5, 5.41) is 0.126. The predicted octanol–water partition coefficient (Wildman–Crippen LogP) is 4.73. The molecule has 2 aromatic carbocycles. The van der Waals surface area contributed by atoms with Gasteiger partial charge in [-0.3, -0.25) is 0 Å². The van der Waals surface area contributed by atoms with Crippen LogP contribution in [-0.4, -0.2) is 4.98 Å². The van der Waals surface area contributed by atoms with E-state index in [1.54, 1.807) is 0 Å². The zero-order valence-electron chi connectivity index (χ0n) is 15.7. The van der Waals surface area contributed by atoms with E-state index in [0.29, 0.717) is 0 Å². The normalized spacial score (nSPS) is 17.8. The smallest absolute Gasteiger partial charge is 0.124 e. The van der Waals surface area contributed by atoms with Crippen LogP contribution in [0.2, 0.25) is 0 Å². The summed E-state index contributed by atoms with van der Waals surface area (Å²) >= 11 is 4.03. The molecule has 1 heterocycles. The van der Waals surface area contributed by atoms with Crippen LogP contribution in [0, 0.1) is 0 Å². The fraction of sp³-hybridized carbons (Fsp3) is 0. The average molecular weight is 298 g/mol. The molecular weight excluding hydrogens is 282 g/mol. The van der Waals surface area contributed by atoms with Crippen molar-refractivity contribution in [1.29, 1.82) is 0 Å². The molecule has 0 unspecified atom stereocenters. The maximum atomic E-state index is 8.02. The lowest BCUT2D eigenvalue weighted by Gasteiger charge is -1.92. The highest BCUT2D eigenvalue weighted by Crippen LogP contribution is 2.31. The van der Waals surface area contributed by atoms with Gasteiger partial charge in [0.1, 0.15) is 5.01 Å². The number of nitrogens with zero attached hydrogens (tertiary/aromatic N) is 1. The van der Waals surface area contributed by atoms with E-state index >= 15 is 0 Å². The van der Waals surface area contributed by atoms with E-state index < -0.39 is 18.1 Å².